The van der Waals surface area contributed by atoms with Crippen molar-refractivity contribution >= 4 is 17.4 Å². The lowest BCUT2D eigenvalue weighted by Crippen LogP contribution is -2.19. The minimum Gasteiger partial charge on any atom is -0.392 e. The van der Waals surface area contributed by atoms with Crippen LogP contribution in [0.15, 0.2) is 48.5 Å². The Morgan fingerprint density at radius 2 is 1.50 bits per heavy atom. The summed E-state index contributed by atoms with van der Waals surface area (Å²) < 4.78 is 0. The lowest BCUT2D eigenvalue weighted by molar-refractivity contribution is 0.262. The molecule has 0 fully saturated rings. The maximum Gasteiger partial charge on any atom is 0.323 e. The number of aliphatic hydroxyl groups is 1. The molecule has 0 saturated heterocycles. The van der Waals surface area contributed by atoms with Crippen LogP contribution in [0.3, 0.4) is 0 Å². The van der Waals surface area contributed by atoms with Crippen LogP contribution in [-0.4, -0.2) is 11.1 Å². The van der Waals surface area contributed by atoms with Crippen molar-refractivity contribution in [3.8, 4) is 0 Å². The van der Waals surface area contributed by atoms with Crippen LogP contribution in [0.25, 0.3) is 0 Å². The van der Waals surface area contributed by atoms with E-state index < -0.39 is 0 Å². The molecule has 1 unspecified atom stereocenters. The van der Waals surface area contributed by atoms with Gasteiger partial charge >= 0.3 is 6.03 Å². The van der Waals surface area contributed by atoms with Crippen LogP contribution in [0, 0.1) is 0 Å². The standard InChI is InChI=1S/C18H22N2O2/c1-3-13(2)15-6-10-17(11-7-15)20-18(22)19-16-8-4-14(12-21)5-9-16/h4-11,13,21H,3,12H2,1-2H3,(H2,19,20,22). The zero-order valence-corrected chi connectivity index (χ0v) is 13.0. The van der Waals surface area contributed by atoms with E-state index >= 15 is 0 Å². The second-order valence-corrected chi connectivity index (χ2v) is 5.37. The Bertz CT molecular complexity index is 606. The van der Waals surface area contributed by atoms with Crippen LogP contribution in [0.4, 0.5) is 16.2 Å². The fraction of sp³-hybridized carbons (Fsp3) is 0.278. The molecule has 1 atom stereocenters. The quantitative estimate of drug-likeness (QED) is 0.769. The summed E-state index contributed by atoms with van der Waals surface area (Å²) >= 11 is 0. The molecule has 0 aliphatic rings. The number of aliphatic hydroxyl groups excluding tert-OH is 1. The first-order valence-electron chi connectivity index (χ1n) is 7.50. The number of carbonyl (C=O) groups excluding carboxylic acids is 1. The maximum atomic E-state index is 11.9. The van der Waals surface area contributed by atoms with Crippen LogP contribution >= 0.6 is 0 Å². The summed E-state index contributed by atoms with van der Waals surface area (Å²) in [6.45, 7) is 4.34. The molecule has 116 valence electrons. The molecule has 0 heterocycles. The molecule has 4 heteroatoms. The van der Waals surface area contributed by atoms with E-state index in [4.69, 9.17) is 5.11 Å². The van der Waals surface area contributed by atoms with Crippen molar-refractivity contribution in [2.24, 2.45) is 0 Å². The fourth-order valence-corrected chi connectivity index (χ4v) is 2.12. The summed E-state index contributed by atoms with van der Waals surface area (Å²) in [6, 6.07) is 14.7. The first-order valence-corrected chi connectivity index (χ1v) is 7.50. The van der Waals surface area contributed by atoms with Gasteiger partial charge in [0.1, 0.15) is 0 Å². The van der Waals surface area contributed by atoms with Gasteiger partial charge in [-0.1, -0.05) is 38.1 Å². The van der Waals surface area contributed by atoms with Crippen molar-refractivity contribution in [3.63, 3.8) is 0 Å². The summed E-state index contributed by atoms with van der Waals surface area (Å²) in [7, 11) is 0. The number of hydrogen-bond donors (Lipinski definition) is 3. The van der Waals surface area contributed by atoms with E-state index in [2.05, 4.69) is 24.5 Å². The van der Waals surface area contributed by atoms with Gasteiger partial charge in [0.15, 0.2) is 0 Å². The molecule has 0 radical (unpaired) electrons. The van der Waals surface area contributed by atoms with Gasteiger partial charge in [-0.3, -0.25) is 0 Å². The molecule has 0 aromatic heterocycles. The average molecular weight is 298 g/mol. The highest BCUT2D eigenvalue weighted by atomic mass is 16.3. The van der Waals surface area contributed by atoms with Gasteiger partial charge < -0.3 is 15.7 Å². The minimum atomic E-state index is -0.284. The zero-order valence-electron chi connectivity index (χ0n) is 13.0. The van der Waals surface area contributed by atoms with E-state index in [-0.39, 0.29) is 12.6 Å². The molecule has 22 heavy (non-hydrogen) atoms. The van der Waals surface area contributed by atoms with E-state index in [9.17, 15) is 4.79 Å². The zero-order chi connectivity index (χ0) is 15.9. The third-order valence-electron chi connectivity index (χ3n) is 3.74. The van der Waals surface area contributed by atoms with Crippen LogP contribution < -0.4 is 10.6 Å². The maximum absolute atomic E-state index is 11.9. The summed E-state index contributed by atoms with van der Waals surface area (Å²) in [5.41, 5.74) is 3.53. The number of amides is 2. The van der Waals surface area contributed by atoms with Gasteiger partial charge in [-0.25, -0.2) is 4.79 Å². The molecule has 3 N–H and O–H groups in total. The number of nitrogens with one attached hydrogen (secondary N) is 2. The van der Waals surface area contributed by atoms with E-state index in [1.54, 1.807) is 24.3 Å². The van der Waals surface area contributed by atoms with Gasteiger partial charge in [0.2, 0.25) is 0 Å². The second-order valence-electron chi connectivity index (χ2n) is 5.37. The topological polar surface area (TPSA) is 61.4 Å². The number of urea groups is 1. The molecule has 0 aliphatic carbocycles. The number of benzene rings is 2. The van der Waals surface area contributed by atoms with Gasteiger partial charge in [-0.2, -0.15) is 0 Å². The Morgan fingerprint density at radius 1 is 1.00 bits per heavy atom. The lowest BCUT2D eigenvalue weighted by atomic mass is 9.99. The van der Waals surface area contributed by atoms with Crippen molar-refractivity contribution in [2.75, 3.05) is 10.6 Å². The van der Waals surface area contributed by atoms with Crippen LogP contribution in [0.2, 0.25) is 0 Å². The Labute approximate surface area is 131 Å². The first-order chi connectivity index (χ1) is 10.6. The highest BCUT2D eigenvalue weighted by molar-refractivity contribution is 5.99. The van der Waals surface area contributed by atoms with Gasteiger partial charge in [0, 0.05) is 11.4 Å². The van der Waals surface area contributed by atoms with E-state index in [0.717, 1.165) is 17.7 Å². The summed E-state index contributed by atoms with van der Waals surface area (Å²) in [6.07, 6.45) is 1.09. The third kappa shape index (κ3) is 4.33. The van der Waals surface area contributed by atoms with Crippen LogP contribution in [-0.2, 0) is 6.61 Å². The average Bonchev–Trinajstić information content (AvgIpc) is 2.55. The molecule has 4 nitrogen and oxygen atoms in total. The summed E-state index contributed by atoms with van der Waals surface area (Å²) in [5.74, 6) is 0.521. The molecule has 0 bridgehead atoms. The summed E-state index contributed by atoms with van der Waals surface area (Å²) in [4.78, 5) is 11.9. The van der Waals surface area contributed by atoms with Crippen molar-refractivity contribution in [3.05, 3.63) is 59.7 Å². The third-order valence-corrected chi connectivity index (χ3v) is 3.74. The largest absolute Gasteiger partial charge is 0.392 e. The van der Waals surface area contributed by atoms with E-state index in [1.807, 2.05) is 24.3 Å². The molecule has 0 aliphatic heterocycles. The first kappa shape index (κ1) is 16.0. The van der Waals surface area contributed by atoms with Crippen LogP contribution in [0.1, 0.15) is 37.3 Å². The predicted molar refractivity (Wildman–Crippen MR) is 90.2 cm³/mol. The molecular weight excluding hydrogens is 276 g/mol. The van der Waals surface area contributed by atoms with Gasteiger partial charge in [0.05, 0.1) is 6.61 Å². The molecule has 2 aromatic carbocycles. The Hall–Kier alpha value is -2.33. The number of carbonyl (C=O) groups is 1. The Balaban J connectivity index is 1.93. The Kier molecular flexibility index (Phi) is 5.55. The molecule has 2 rings (SSSR count). The normalized spacial score (nSPS) is 11.8. The highest BCUT2D eigenvalue weighted by Crippen LogP contribution is 2.20. The molecular formula is C18H22N2O2. The number of anilines is 2. The van der Waals surface area contributed by atoms with Crippen molar-refractivity contribution in [1.82, 2.24) is 0 Å². The minimum absolute atomic E-state index is 0.00495. The number of hydrogen-bond acceptors (Lipinski definition) is 2. The monoisotopic (exact) mass is 298 g/mol. The molecule has 0 spiro atoms. The fourth-order valence-electron chi connectivity index (χ4n) is 2.12. The number of rotatable bonds is 5. The Morgan fingerprint density at radius 3 is 1.95 bits per heavy atom. The van der Waals surface area contributed by atoms with Gasteiger partial charge in [-0.15, -0.1) is 0 Å². The summed E-state index contributed by atoms with van der Waals surface area (Å²) in [5, 5.41) is 14.5. The molecule has 0 saturated carbocycles. The van der Waals surface area contributed by atoms with Crippen molar-refractivity contribution in [1.29, 1.82) is 0 Å². The highest BCUT2D eigenvalue weighted by Gasteiger charge is 2.05. The SMILES string of the molecule is CCC(C)c1ccc(NC(=O)Nc2ccc(CO)cc2)cc1. The predicted octanol–water partition coefficient (Wildman–Crippen LogP) is 4.34. The van der Waals surface area contributed by atoms with Gasteiger partial charge in [-0.05, 0) is 47.7 Å². The van der Waals surface area contributed by atoms with Crippen molar-refractivity contribution in [2.45, 2.75) is 32.8 Å². The molecule has 2 amide bonds. The van der Waals surface area contributed by atoms with Crippen LogP contribution in [0.5, 0.6) is 0 Å². The lowest BCUT2D eigenvalue weighted by Gasteiger charge is -2.11. The van der Waals surface area contributed by atoms with E-state index in [1.165, 1.54) is 5.56 Å². The van der Waals surface area contributed by atoms with Gasteiger partial charge in [0.25, 0.3) is 0 Å². The second kappa shape index (κ2) is 7.61. The smallest absolute Gasteiger partial charge is 0.323 e. The van der Waals surface area contributed by atoms with Crippen molar-refractivity contribution < 1.29 is 9.90 Å². The van der Waals surface area contributed by atoms with E-state index in [0.29, 0.717) is 11.6 Å². The molecule has 2 aromatic rings.